The molecule has 1 aliphatic rings. The number of nitrogens with one attached hydrogen (secondary N) is 1. The number of nitrogens with zero attached hydrogens (tertiary/aromatic N) is 2. The van der Waals surface area contributed by atoms with Crippen LogP contribution in [0.3, 0.4) is 0 Å². The maximum atomic E-state index is 4.48. The topological polar surface area (TPSA) is 29.9 Å². The van der Waals surface area contributed by atoms with E-state index in [1.54, 1.807) is 0 Å². The molecule has 21 heavy (non-hydrogen) atoms. The van der Waals surface area contributed by atoms with E-state index in [9.17, 15) is 0 Å². The van der Waals surface area contributed by atoms with Crippen LogP contribution in [0.4, 0.5) is 0 Å². The van der Waals surface area contributed by atoms with Crippen LogP contribution < -0.4 is 5.32 Å². The molecule has 1 aromatic heterocycles. The van der Waals surface area contributed by atoms with E-state index in [0.29, 0.717) is 0 Å². The molecule has 0 fully saturated rings. The average molecular weight is 283 g/mol. The molecule has 1 N–H and O–H groups in total. The lowest BCUT2D eigenvalue weighted by atomic mass is 9.97. The number of hydrogen-bond donors (Lipinski definition) is 1. The maximum Gasteiger partial charge on any atom is 0.0607 e. The van der Waals surface area contributed by atoms with E-state index in [1.807, 2.05) is 10.9 Å². The van der Waals surface area contributed by atoms with Gasteiger partial charge >= 0.3 is 0 Å². The zero-order chi connectivity index (χ0) is 14.7. The summed E-state index contributed by atoms with van der Waals surface area (Å²) in [6, 6.07) is 7.26. The van der Waals surface area contributed by atoms with Crippen molar-refractivity contribution in [2.45, 2.75) is 52.1 Å². The lowest BCUT2D eigenvalue weighted by Crippen LogP contribution is -2.21. The zero-order valence-corrected chi connectivity index (χ0v) is 13.1. The summed E-state index contributed by atoms with van der Waals surface area (Å²) >= 11 is 0. The van der Waals surface area contributed by atoms with Gasteiger partial charge < -0.3 is 5.32 Å². The highest BCUT2D eigenvalue weighted by atomic mass is 15.3. The molecule has 0 radical (unpaired) electrons. The van der Waals surface area contributed by atoms with Crippen LogP contribution in [0, 0.1) is 0 Å². The summed E-state index contributed by atoms with van der Waals surface area (Å²) in [6.45, 7) is 6.30. The second kappa shape index (κ2) is 6.44. The molecule has 0 aliphatic heterocycles. The average Bonchev–Trinajstić information content (AvgIpc) is 3.13. The van der Waals surface area contributed by atoms with Crippen molar-refractivity contribution in [1.82, 2.24) is 15.1 Å². The Balaban J connectivity index is 1.89. The molecule has 3 heteroatoms. The van der Waals surface area contributed by atoms with Crippen LogP contribution >= 0.6 is 0 Å². The highest BCUT2D eigenvalue weighted by Crippen LogP contribution is 2.28. The largest absolute Gasteiger partial charge is 0.306 e. The molecule has 0 saturated carbocycles. The number of benzene rings is 1. The molecule has 1 aromatic carbocycles. The van der Waals surface area contributed by atoms with E-state index in [-0.39, 0.29) is 6.04 Å². The van der Waals surface area contributed by atoms with Crippen LogP contribution in [0.5, 0.6) is 0 Å². The molecule has 0 bridgehead atoms. The molecule has 1 unspecified atom stereocenters. The normalized spacial score (nSPS) is 15.1. The molecule has 1 heterocycles. The van der Waals surface area contributed by atoms with Crippen molar-refractivity contribution in [3.63, 3.8) is 0 Å². The summed E-state index contributed by atoms with van der Waals surface area (Å²) in [7, 11) is 0. The third-order valence-electron chi connectivity index (χ3n) is 4.30. The number of rotatable bonds is 6. The highest BCUT2D eigenvalue weighted by molar-refractivity contribution is 5.39. The van der Waals surface area contributed by atoms with Gasteiger partial charge in [-0.15, -0.1) is 0 Å². The van der Waals surface area contributed by atoms with E-state index in [0.717, 1.165) is 19.5 Å². The third kappa shape index (κ3) is 3.03. The molecule has 3 rings (SSSR count). The fraction of sp³-hybridized carbons (Fsp3) is 0.500. The minimum absolute atomic E-state index is 0.256. The summed E-state index contributed by atoms with van der Waals surface area (Å²) < 4.78 is 2.05. The minimum atomic E-state index is 0.256. The van der Waals surface area contributed by atoms with Gasteiger partial charge in [0.15, 0.2) is 0 Å². The second-order valence-electron chi connectivity index (χ2n) is 5.91. The number of hydrogen-bond acceptors (Lipinski definition) is 2. The highest BCUT2D eigenvalue weighted by Gasteiger charge is 2.18. The Hall–Kier alpha value is -1.61. The van der Waals surface area contributed by atoms with Gasteiger partial charge in [-0.3, -0.25) is 4.68 Å². The Bertz CT molecular complexity index is 600. The molecule has 112 valence electrons. The molecule has 1 atom stereocenters. The summed E-state index contributed by atoms with van der Waals surface area (Å²) in [5, 5.41) is 8.09. The Morgan fingerprint density at radius 2 is 2.05 bits per heavy atom. The van der Waals surface area contributed by atoms with Crippen molar-refractivity contribution in [3.8, 4) is 0 Å². The monoisotopic (exact) mass is 283 g/mol. The van der Waals surface area contributed by atoms with Gasteiger partial charge in [-0.2, -0.15) is 5.10 Å². The molecular weight excluding hydrogens is 258 g/mol. The Kier molecular flexibility index (Phi) is 4.39. The summed E-state index contributed by atoms with van der Waals surface area (Å²) in [5.74, 6) is 0. The van der Waals surface area contributed by atoms with Crippen molar-refractivity contribution in [2.24, 2.45) is 0 Å². The maximum absolute atomic E-state index is 4.48. The third-order valence-corrected chi connectivity index (χ3v) is 4.30. The lowest BCUT2D eigenvalue weighted by molar-refractivity contribution is 0.597. The fourth-order valence-corrected chi connectivity index (χ4v) is 3.28. The van der Waals surface area contributed by atoms with E-state index in [1.165, 1.54) is 41.5 Å². The van der Waals surface area contributed by atoms with E-state index in [2.05, 4.69) is 48.7 Å². The van der Waals surface area contributed by atoms with Gasteiger partial charge in [0.2, 0.25) is 0 Å². The van der Waals surface area contributed by atoms with Crippen molar-refractivity contribution in [2.75, 3.05) is 6.54 Å². The molecular formula is C18H25N3. The molecule has 2 aromatic rings. The van der Waals surface area contributed by atoms with Crippen LogP contribution in [0.15, 0.2) is 30.6 Å². The van der Waals surface area contributed by atoms with E-state index in [4.69, 9.17) is 0 Å². The number of fused-ring (bicyclic) bond motifs is 1. The molecule has 0 spiro atoms. The molecule has 3 nitrogen and oxygen atoms in total. The summed E-state index contributed by atoms with van der Waals surface area (Å²) in [5.41, 5.74) is 5.71. The number of aryl methyl sites for hydroxylation is 3. The summed E-state index contributed by atoms with van der Waals surface area (Å²) in [4.78, 5) is 0. The van der Waals surface area contributed by atoms with Gasteiger partial charge in [-0.1, -0.05) is 32.0 Å². The Morgan fingerprint density at radius 1 is 1.19 bits per heavy atom. The summed E-state index contributed by atoms with van der Waals surface area (Å²) in [6.07, 6.45) is 9.10. The first kappa shape index (κ1) is 14.3. The van der Waals surface area contributed by atoms with Crippen LogP contribution in [-0.4, -0.2) is 16.3 Å². The van der Waals surface area contributed by atoms with Crippen LogP contribution in [0.1, 0.15) is 55.0 Å². The predicted molar refractivity (Wildman–Crippen MR) is 86.5 cm³/mol. The zero-order valence-electron chi connectivity index (χ0n) is 13.1. The Morgan fingerprint density at radius 3 is 2.86 bits per heavy atom. The SMILES string of the molecule is CCCn1cc(C(NCC)c2ccc3c(c2)CCC3)cn1. The van der Waals surface area contributed by atoms with Crippen LogP contribution in [-0.2, 0) is 19.4 Å². The van der Waals surface area contributed by atoms with Crippen LogP contribution in [0.25, 0.3) is 0 Å². The van der Waals surface area contributed by atoms with Gasteiger partial charge in [0.25, 0.3) is 0 Å². The fourth-order valence-electron chi connectivity index (χ4n) is 3.28. The molecule has 1 aliphatic carbocycles. The van der Waals surface area contributed by atoms with Gasteiger partial charge in [-0.05, 0) is 48.9 Å². The van der Waals surface area contributed by atoms with Crippen molar-refractivity contribution in [3.05, 3.63) is 52.8 Å². The quantitative estimate of drug-likeness (QED) is 0.879. The van der Waals surface area contributed by atoms with E-state index < -0.39 is 0 Å². The predicted octanol–water partition coefficient (Wildman–Crippen LogP) is 3.48. The van der Waals surface area contributed by atoms with Gasteiger partial charge in [-0.25, -0.2) is 0 Å². The van der Waals surface area contributed by atoms with Gasteiger partial charge in [0.05, 0.1) is 12.2 Å². The smallest absolute Gasteiger partial charge is 0.0607 e. The van der Waals surface area contributed by atoms with Gasteiger partial charge in [0, 0.05) is 18.3 Å². The minimum Gasteiger partial charge on any atom is -0.306 e. The van der Waals surface area contributed by atoms with Gasteiger partial charge in [0.1, 0.15) is 0 Å². The first-order chi connectivity index (χ1) is 10.3. The Labute approximate surface area is 127 Å². The van der Waals surface area contributed by atoms with Crippen molar-refractivity contribution < 1.29 is 0 Å². The first-order valence-electron chi connectivity index (χ1n) is 8.19. The molecule has 0 amide bonds. The van der Waals surface area contributed by atoms with E-state index >= 15 is 0 Å². The standard InChI is InChI=1S/C18H25N3/c1-3-10-21-13-17(12-20-21)18(19-4-2)16-9-8-14-6-5-7-15(14)11-16/h8-9,11-13,18-19H,3-7,10H2,1-2H3. The first-order valence-corrected chi connectivity index (χ1v) is 8.19. The molecule has 0 saturated heterocycles. The van der Waals surface area contributed by atoms with Crippen molar-refractivity contribution >= 4 is 0 Å². The van der Waals surface area contributed by atoms with Crippen molar-refractivity contribution in [1.29, 1.82) is 0 Å². The van der Waals surface area contributed by atoms with Crippen LogP contribution in [0.2, 0.25) is 0 Å². The second-order valence-corrected chi connectivity index (χ2v) is 5.91. The lowest BCUT2D eigenvalue weighted by Gasteiger charge is -2.18. The number of aromatic nitrogens is 2.